The minimum Gasteiger partial charge on any atom is -0.374 e. The highest BCUT2D eigenvalue weighted by molar-refractivity contribution is 8.13. The van der Waals surface area contributed by atoms with E-state index in [1.54, 1.807) is 0 Å². The summed E-state index contributed by atoms with van der Waals surface area (Å²) in [5.74, 6) is 2.11. The highest BCUT2D eigenvalue weighted by Crippen LogP contribution is 2.31. The molecule has 2 unspecified atom stereocenters. The van der Waals surface area contributed by atoms with Gasteiger partial charge in [-0.05, 0) is 39.5 Å². The largest absolute Gasteiger partial charge is 0.374 e. The van der Waals surface area contributed by atoms with Gasteiger partial charge in [-0.3, -0.25) is 4.99 Å². The van der Waals surface area contributed by atoms with E-state index in [0.29, 0.717) is 6.04 Å². The maximum Gasteiger partial charge on any atom is 0.156 e. The Kier molecular flexibility index (Phi) is 4.96. The van der Waals surface area contributed by atoms with Gasteiger partial charge < -0.3 is 10.1 Å². The second-order valence-corrected chi connectivity index (χ2v) is 6.93. The molecule has 1 aliphatic carbocycles. The van der Waals surface area contributed by atoms with E-state index in [0.717, 1.165) is 24.2 Å². The Hall–Kier alpha value is -0.220. The molecule has 3 nitrogen and oxygen atoms in total. The van der Waals surface area contributed by atoms with Crippen LogP contribution in [0, 0.1) is 5.92 Å². The van der Waals surface area contributed by atoms with Gasteiger partial charge in [0.15, 0.2) is 5.17 Å². The Morgan fingerprint density at radius 2 is 2.17 bits per heavy atom. The molecule has 1 heterocycles. The zero-order valence-corrected chi connectivity index (χ0v) is 12.7. The summed E-state index contributed by atoms with van der Waals surface area (Å²) in [6.45, 7) is 7.75. The van der Waals surface area contributed by atoms with E-state index in [9.17, 15) is 0 Å². The summed E-state index contributed by atoms with van der Waals surface area (Å²) in [6, 6.07) is 0.675. The number of nitrogens with one attached hydrogen (secondary N) is 1. The number of amidine groups is 1. The number of fused-ring (bicyclic) bond motifs is 1. The summed E-state index contributed by atoms with van der Waals surface area (Å²) < 4.78 is 5.68. The van der Waals surface area contributed by atoms with Crippen LogP contribution in [0.2, 0.25) is 0 Å². The molecule has 1 N–H and O–H groups in total. The molecule has 0 amide bonds. The van der Waals surface area contributed by atoms with Crippen molar-refractivity contribution in [2.24, 2.45) is 10.9 Å². The van der Waals surface area contributed by atoms with Crippen LogP contribution in [0.1, 0.15) is 46.5 Å². The molecule has 0 bridgehead atoms. The molecule has 18 heavy (non-hydrogen) atoms. The molecule has 104 valence electrons. The van der Waals surface area contributed by atoms with Crippen molar-refractivity contribution in [2.45, 2.75) is 58.1 Å². The van der Waals surface area contributed by atoms with Crippen LogP contribution in [0.15, 0.2) is 4.99 Å². The van der Waals surface area contributed by atoms with Gasteiger partial charge in [0.25, 0.3) is 0 Å². The van der Waals surface area contributed by atoms with Crippen molar-refractivity contribution in [3.05, 3.63) is 0 Å². The number of ether oxygens (including phenoxy) is 1. The smallest absolute Gasteiger partial charge is 0.156 e. The Morgan fingerprint density at radius 1 is 1.39 bits per heavy atom. The van der Waals surface area contributed by atoms with Gasteiger partial charge in [0.05, 0.1) is 12.1 Å². The van der Waals surface area contributed by atoms with Gasteiger partial charge in [0.2, 0.25) is 0 Å². The van der Waals surface area contributed by atoms with Gasteiger partial charge in [0, 0.05) is 18.4 Å². The fourth-order valence-corrected chi connectivity index (χ4v) is 3.93. The SMILES string of the molecule is CCOC(C)(C)CN=C1NC2CCCCC2CS1. The molecule has 2 rings (SSSR count). The first-order valence-electron chi connectivity index (χ1n) is 7.18. The van der Waals surface area contributed by atoms with Crippen molar-refractivity contribution < 1.29 is 4.74 Å². The lowest BCUT2D eigenvalue weighted by atomic mass is 9.86. The molecule has 0 aromatic heterocycles. The van der Waals surface area contributed by atoms with Crippen molar-refractivity contribution in [3.8, 4) is 0 Å². The molecular weight excluding hydrogens is 244 g/mol. The first-order valence-corrected chi connectivity index (χ1v) is 8.17. The Bertz CT molecular complexity index is 304. The van der Waals surface area contributed by atoms with E-state index in [2.05, 4.69) is 19.2 Å². The number of hydrogen-bond acceptors (Lipinski definition) is 3. The highest BCUT2D eigenvalue weighted by Gasteiger charge is 2.30. The minimum atomic E-state index is -0.145. The number of nitrogens with zero attached hydrogens (tertiary/aromatic N) is 1. The summed E-state index contributed by atoms with van der Waals surface area (Å²) in [5.41, 5.74) is -0.145. The average Bonchev–Trinajstić information content (AvgIpc) is 2.36. The molecule has 2 aliphatic rings. The molecule has 1 saturated carbocycles. The predicted octanol–water partition coefficient (Wildman–Crippen LogP) is 3.05. The highest BCUT2D eigenvalue weighted by atomic mass is 32.2. The number of aliphatic imine (C=N–C) groups is 1. The second kappa shape index (κ2) is 6.29. The second-order valence-electron chi connectivity index (χ2n) is 5.92. The quantitative estimate of drug-likeness (QED) is 0.852. The fourth-order valence-electron chi connectivity index (χ4n) is 2.77. The van der Waals surface area contributed by atoms with Crippen LogP contribution in [-0.4, -0.2) is 35.7 Å². The zero-order chi connectivity index (χ0) is 13.0. The van der Waals surface area contributed by atoms with E-state index >= 15 is 0 Å². The monoisotopic (exact) mass is 270 g/mol. The summed E-state index contributed by atoms with van der Waals surface area (Å²) >= 11 is 1.89. The van der Waals surface area contributed by atoms with Crippen molar-refractivity contribution in [3.63, 3.8) is 0 Å². The third-order valence-corrected chi connectivity index (χ3v) is 4.91. The first kappa shape index (κ1) is 14.2. The average molecular weight is 270 g/mol. The van der Waals surface area contributed by atoms with Gasteiger partial charge in [-0.15, -0.1) is 0 Å². The molecule has 0 radical (unpaired) electrons. The van der Waals surface area contributed by atoms with Gasteiger partial charge in [-0.1, -0.05) is 24.6 Å². The standard InChI is InChI=1S/C14H26N2OS/c1-4-17-14(2,3)10-15-13-16-12-8-6-5-7-11(12)9-18-13/h11-12H,4-10H2,1-3H3,(H,15,16). The molecule has 1 aliphatic heterocycles. The molecule has 0 aromatic rings. The first-order chi connectivity index (χ1) is 8.61. The Balaban J connectivity index is 1.86. The Labute approximate surface area is 115 Å². The van der Waals surface area contributed by atoms with Crippen LogP contribution in [-0.2, 0) is 4.74 Å². The third-order valence-electron chi connectivity index (χ3n) is 3.79. The van der Waals surface area contributed by atoms with E-state index in [1.807, 2.05) is 18.7 Å². The van der Waals surface area contributed by atoms with E-state index in [-0.39, 0.29) is 5.60 Å². The lowest BCUT2D eigenvalue weighted by Crippen LogP contribution is -2.46. The van der Waals surface area contributed by atoms with E-state index < -0.39 is 0 Å². The van der Waals surface area contributed by atoms with Crippen LogP contribution in [0.3, 0.4) is 0 Å². The minimum absolute atomic E-state index is 0.145. The third kappa shape index (κ3) is 3.89. The van der Waals surface area contributed by atoms with Crippen molar-refractivity contribution >= 4 is 16.9 Å². The van der Waals surface area contributed by atoms with Crippen molar-refractivity contribution in [1.29, 1.82) is 0 Å². The van der Waals surface area contributed by atoms with E-state index in [1.165, 1.54) is 31.4 Å². The van der Waals surface area contributed by atoms with Crippen molar-refractivity contribution in [1.82, 2.24) is 5.32 Å². The number of thioether (sulfide) groups is 1. The van der Waals surface area contributed by atoms with Crippen LogP contribution < -0.4 is 5.32 Å². The lowest BCUT2D eigenvalue weighted by Gasteiger charge is -2.37. The lowest BCUT2D eigenvalue weighted by molar-refractivity contribution is -0.00210. The van der Waals surface area contributed by atoms with Crippen LogP contribution in [0.5, 0.6) is 0 Å². The van der Waals surface area contributed by atoms with Crippen molar-refractivity contribution in [2.75, 3.05) is 18.9 Å². The van der Waals surface area contributed by atoms with Gasteiger partial charge in [0.1, 0.15) is 0 Å². The normalized spacial score (nSPS) is 30.9. The zero-order valence-electron chi connectivity index (χ0n) is 11.9. The summed E-state index contributed by atoms with van der Waals surface area (Å²) in [4.78, 5) is 4.71. The van der Waals surface area contributed by atoms with Gasteiger partial charge >= 0.3 is 0 Å². The molecule has 1 saturated heterocycles. The maximum atomic E-state index is 5.68. The van der Waals surface area contributed by atoms with Crippen LogP contribution >= 0.6 is 11.8 Å². The number of rotatable bonds is 4. The summed E-state index contributed by atoms with van der Waals surface area (Å²) in [6.07, 6.45) is 5.49. The molecule has 2 atom stereocenters. The summed E-state index contributed by atoms with van der Waals surface area (Å²) in [7, 11) is 0. The molecule has 0 spiro atoms. The number of hydrogen-bond donors (Lipinski definition) is 1. The maximum absolute atomic E-state index is 5.68. The molecule has 4 heteroatoms. The van der Waals surface area contributed by atoms with Crippen LogP contribution in [0.25, 0.3) is 0 Å². The van der Waals surface area contributed by atoms with Crippen LogP contribution in [0.4, 0.5) is 0 Å². The topological polar surface area (TPSA) is 33.6 Å². The molecule has 2 fully saturated rings. The molecule has 0 aromatic carbocycles. The molecular formula is C14H26N2OS. The fraction of sp³-hybridized carbons (Fsp3) is 0.929. The van der Waals surface area contributed by atoms with E-state index in [4.69, 9.17) is 9.73 Å². The summed E-state index contributed by atoms with van der Waals surface area (Å²) in [5, 5.41) is 4.76. The Morgan fingerprint density at radius 3 is 2.94 bits per heavy atom. The van der Waals surface area contributed by atoms with Gasteiger partial charge in [-0.25, -0.2) is 0 Å². The van der Waals surface area contributed by atoms with Gasteiger partial charge in [-0.2, -0.15) is 0 Å². The predicted molar refractivity (Wildman–Crippen MR) is 79.3 cm³/mol.